The van der Waals surface area contributed by atoms with Crippen molar-refractivity contribution in [2.75, 3.05) is 13.2 Å². The summed E-state index contributed by atoms with van der Waals surface area (Å²) in [5.41, 5.74) is 7.78. The van der Waals surface area contributed by atoms with Gasteiger partial charge in [-0.3, -0.25) is 4.79 Å². The molecule has 0 bridgehead atoms. The van der Waals surface area contributed by atoms with Crippen molar-refractivity contribution in [2.24, 2.45) is 10.9 Å². The minimum Gasteiger partial charge on any atom is -0.384 e. The van der Waals surface area contributed by atoms with Gasteiger partial charge in [0.15, 0.2) is 12.4 Å². The second kappa shape index (κ2) is 8.84. The zero-order valence-corrected chi connectivity index (χ0v) is 13.0. The summed E-state index contributed by atoms with van der Waals surface area (Å²) in [6.45, 7) is 0.483. The molecule has 0 saturated carbocycles. The number of benzene rings is 1. The number of carbonyl (C=O) groups excluding carboxylic acids is 1. The molecule has 1 amide bonds. The first-order chi connectivity index (χ1) is 10.8. The van der Waals surface area contributed by atoms with Gasteiger partial charge in [0.2, 0.25) is 0 Å². The van der Waals surface area contributed by atoms with Gasteiger partial charge in [0.05, 0.1) is 0 Å². The van der Waals surface area contributed by atoms with Crippen LogP contribution in [-0.2, 0) is 16.1 Å². The first kappa shape index (κ1) is 16.0. The number of rotatable bonds is 8. The number of oxime groups is 1. The van der Waals surface area contributed by atoms with Crippen molar-refractivity contribution < 1.29 is 9.63 Å². The minimum absolute atomic E-state index is 0.129. The van der Waals surface area contributed by atoms with E-state index in [0.717, 1.165) is 18.4 Å². The second-order valence-electron chi connectivity index (χ2n) is 4.70. The molecule has 2 aromatic rings. The summed E-state index contributed by atoms with van der Waals surface area (Å²) >= 11 is 1.52. The number of nitrogens with two attached hydrogens (primary N) is 1. The summed E-state index contributed by atoms with van der Waals surface area (Å²) in [5, 5.41) is 10.3. The van der Waals surface area contributed by atoms with Crippen LogP contribution >= 0.6 is 11.3 Å². The van der Waals surface area contributed by atoms with Crippen LogP contribution in [0.3, 0.4) is 0 Å². The summed E-state index contributed by atoms with van der Waals surface area (Å²) < 4.78 is 0. The highest BCUT2D eigenvalue weighted by atomic mass is 32.1. The molecule has 116 valence electrons. The van der Waals surface area contributed by atoms with Gasteiger partial charge in [-0.05, 0) is 29.9 Å². The third-order valence-electron chi connectivity index (χ3n) is 2.98. The third-order valence-corrected chi connectivity index (χ3v) is 3.67. The lowest BCUT2D eigenvalue weighted by Crippen LogP contribution is -2.28. The van der Waals surface area contributed by atoms with Crippen molar-refractivity contribution in [3.63, 3.8) is 0 Å². The lowest BCUT2D eigenvalue weighted by molar-refractivity contribution is -0.125. The van der Waals surface area contributed by atoms with Crippen molar-refractivity contribution in [2.45, 2.75) is 12.8 Å². The predicted octanol–water partition coefficient (Wildman–Crippen LogP) is 2.13. The number of amides is 1. The zero-order chi connectivity index (χ0) is 15.6. The van der Waals surface area contributed by atoms with Crippen LogP contribution in [0.15, 0.2) is 52.3 Å². The van der Waals surface area contributed by atoms with Gasteiger partial charge in [0.25, 0.3) is 5.91 Å². The normalized spacial score (nSPS) is 11.2. The largest absolute Gasteiger partial charge is 0.384 e. The van der Waals surface area contributed by atoms with Crippen molar-refractivity contribution >= 4 is 23.1 Å². The van der Waals surface area contributed by atoms with Gasteiger partial charge < -0.3 is 15.9 Å². The van der Waals surface area contributed by atoms with Crippen molar-refractivity contribution in [1.29, 1.82) is 0 Å². The summed E-state index contributed by atoms with van der Waals surface area (Å²) in [4.78, 5) is 16.5. The van der Waals surface area contributed by atoms with E-state index in [4.69, 9.17) is 10.6 Å². The topological polar surface area (TPSA) is 76.7 Å². The number of nitrogens with one attached hydrogen (secondary N) is 1. The molecule has 1 aromatic carbocycles. The van der Waals surface area contributed by atoms with Gasteiger partial charge in [-0.2, -0.15) is 11.3 Å². The quantitative estimate of drug-likeness (QED) is 0.339. The molecule has 0 aliphatic heterocycles. The highest BCUT2D eigenvalue weighted by molar-refractivity contribution is 7.08. The highest BCUT2D eigenvalue weighted by Crippen LogP contribution is 2.05. The van der Waals surface area contributed by atoms with Crippen LogP contribution in [0.2, 0.25) is 0 Å². The average Bonchev–Trinajstić information content (AvgIpc) is 3.07. The number of aryl methyl sites for hydroxylation is 1. The molecule has 22 heavy (non-hydrogen) atoms. The van der Waals surface area contributed by atoms with E-state index in [2.05, 4.69) is 22.6 Å². The Morgan fingerprint density at radius 2 is 2.09 bits per heavy atom. The summed E-state index contributed by atoms with van der Waals surface area (Å²) in [7, 11) is 0. The molecule has 1 heterocycles. The Labute approximate surface area is 133 Å². The van der Waals surface area contributed by atoms with E-state index >= 15 is 0 Å². The Kier molecular flexibility index (Phi) is 6.44. The smallest absolute Gasteiger partial charge is 0.260 e. The molecular formula is C16H19N3O2S. The number of amidine groups is 1. The van der Waals surface area contributed by atoms with Crippen LogP contribution in [0, 0.1) is 0 Å². The molecule has 0 unspecified atom stereocenters. The molecule has 0 aliphatic rings. The lowest BCUT2D eigenvalue weighted by Gasteiger charge is -2.05. The minimum atomic E-state index is -0.199. The van der Waals surface area contributed by atoms with Crippen LogP contribution in [0.5, 0.6) is 0 Å². The fourth-order valence-corrected chi connectivity index (χ4v) is 2.49. The fourth-order valence-electron chi connectivity index (χ4n) is 1.84. The maximum atomic E-state index is 11.6. The van der Waals surface area contributed by atoms with Crippen molar-refractivity contribution in [3.8, 4) is 0 Å². The maximum Gasteiger partial charge on any atom is 0.260 e. The number of nitrogens with zero attached hydrogens (tertiary/aromatic N) is 1. The van der Waals surface area contributed by atoms with Gasteiger partial charge in [-0.1, -0.05) is 35.5 Å². The molecule has 2 rings (SSSR count). The predicted molar refractivity (Wildman–Crippen MR) is 88.8 cm³/mol. The number of carbonyl (C=O) groups is 1. The number of hydrogen-bond acceptors (Lipinski definition) is 4. The number of thiophene rings is 1. The fraction of sp³-hybridized carbons (Fsp3) is 0.250. The molecule has 0 fully saturated rings. The second-order valence-corrected chi connectivity index (χ2v) is 5.48. The highest BCUT2D eigenvalue weighted by Gasteiger charge is 2.02. The van der Waals surface area contributed by atoms with Gasteiger partial charge >= 0.3 is 0 Å². The molecule has 0 atom stereocenters. The van der Waals surface area contributed by atoms with E-state index in [1.165, 1.54) is 16.9 Å². The molecule has 0 radical (unpaired) electrons. The van der Waals surface area contributed by atoms with Crippen LogP contribution in [-0.4, -0.2) is 24.9 Å². The van der Waals surface area contributed by atoms with E-state index < -0.39 is 0 Å². The number of hydrogen-bond donors (Lipinski definition) is 2. The van der Waals surface area contributed by atoms with Gasteiger partial charge in [0.1, 0.15) is 0 Å². The Morgan fingerprint density at radius 3 is 2.82 bits per heavy atom. The van der Waals surface area contributed by atoms with Crippen LogP contribution < -0.4 is 11.1 Å². The summed E-state index contributed by atoms with van der Waals surface area (Å²) in [6, 6.07) is 12.0. The molecular weight excluding hydrogens is 298 g/mol. The van der Waals surface area contributed by atoms with Gasteiger partial charge in [0, 0.05) is 17.5 Å². The Bertz CT molecular complexity index is 597. The average molecular weight is 317 g/mol. The van der Waals surface area contributed by atoms with Crippen LogP contribution in [0.25, 0.3) is 0 Å². The van der Waals surface area contributed by atoms with E-state index in [1.54, 1.807) is 0 Å². The van der Waals surface area contributed by atoms with E-state index in [1.807, 2.05) is 35.0 Å². The third kappa shape index (κ3) is 5.57. The lowest BCUT2D eigenvalue weighted by atomic mass is 10.1. The standard InChI is InChI=1S/C16H19N3O2S/c17-16(14-8-10-22-12-14)19-21-11-15(20)18-9-4-7-13-5-2-1-3-6-13/h1-3,5-6,8,10,12H,4,7,9,11H2,(H2,17,19)(H,18,20). The van der Waals surface area contributed by atoms with Crippen LogP contribution in [0.4, 0.5) is 0 Å². The Hall–Kier alpha value is -2.34. The monoisotopic (exact) mass is 317 g/mol. The molecule has 0 aliphatic carbocycles. The first-order valence-electron chi connectivity index (χ1n) is 7.04. The SMILES string of the molecule is N/C(=N\OCC(=O)NCCCc1ccccc1)c1ccsc1. The molecule has 5 nitrogen and oxygen atoms in total. The Morgan fingerprint density at radius 1 is 1.27 bits per heavy atom. The van der Waals surface area contributed by atoms with E-state index in [9.17, 15) is 4.79 Å². The van der Waals surface area contributed by atoms with Crippen molar-refractivity contribution in [3.05, 3.63) is 58.3 Å². The molecule has 3 N–H and O–H groups in total. The zero-order valence-electron chi connectivity index (χ0n) is 12.2. The summed E-state index contributed by atoms with van der Waals surface area (Å²) in [6.07, 6.45) is 1.82. The van der Waals surface area contributed by atoms with E-state index in [-0.39, 0.29) is 18.3 Å². The van der Waals surface area contributed by atoms with Crippen LogP contribution in [0.1, 0.15) is 17.5 Å². The van der Waals surface area contributed by atoms with Gasteiger partial charge in [-0.15, -0.1) is 0 Å². The summed E-state index contributed by atoms with van der Waals surface area (Å²) in [5.74, 6) is 0.0769. The van der Waals surface area contributed by atoms with Crippen molar-refractivity contribution in [1.82, 2.24) is 5.32 Å². The van der Waals surface area contributed by atoms with E-state index in [0.29, 0.717) is 6.54 Å². The van der Waals surface area contributed by atoms with Gasteiger partial charge in [-0.25, -0.2) is 0 Å². The maximum absolute atomic E-state index is 11.6. The molecule has 1 aromatic heterocycles. The molecule has 0 spiro atoms. The molecule has 6 heteroatoms. The Balaban J connectivity index is 1.59. The first-order valence-corrected chi connectivity index (χ1v) is 7.98. The molecule has 0 saturated heterocycles.